The fraction of sp³-hybridized carbons (Fsp3) is 0.667. The van der Waals surface area contributed by atoms with Crippen molar-refractivity contribution in [3.05, 3.63) is 29.6 Å². The molecule has 1 aromatic rings. The zero-order valence-corrected chi connectivity index (χ0v) is 17.8. The molecule has 2 unspecified atom stereocenters. The van der Waals surface area contributed by atoms with E-state index in [9.17, 15) is 18.0 Å². The van der Waals surface area contributed by atoms with Crippen molar-refractivity contribution in [3.8, 4) is 0 Å². The number of carboxylic acid groups (broad SMARTS) is 1. The molecule has 0 aromatic carbocycles. The van der Waals surface area contributed by atoms with Crippen LogP contribution in [0.5, 0.6) is 0 Å². The number of hydrogen-bond acceptors (Lipinski definition) is 6. The maximum absolute atomic E-state index is 12.4. The quantitative estimate of drug-likeness (QED) is 0.737. The summed E-state index contributed by atoms with van der Waals surface area (Å²) >= 11 is 0. The molecule has 3 aliphatic heterocycles. The monoisotopic (exact) mass is 460 g/mol. The van der Waals surface area contributed by atoms with Crippen LogP contribution in [-0.4, -0.2) is 77.7 Å². The van der Waals surface area contributed by atoms with Gasteiger partial charge in [-0.15, -0.1) is 0 Å². The van der Waals surface area contributed by atoms with Crippen LogP contribution in [0.1, 0.15) is 30.7 Å². The van der Waals surface area contributed by atoms with Crippen molar-refractivity contribution in [2.24, 2.45) is 5.92 Å². The summed E-state index contributed by atoms with van der Waals surface area (Å²) in [7, 11) is 0. The SMILES string of the molecule is Cc1cccc(COC2CCOC3(C2)CN(C(=O)C2CCOC2)C3)n1.O=C(O)C(F)(F)F. The average Bonchev–Trinajstić information content (AvgIpc) is 3.25. The third-order valence-electron chi connectivity index (χ3n) is 5.65. The summed E-state index contributed by atoms with van der Waals surface area (Å²) in [6.45, 7) is 5.86. The second-order valence-electron chi connectivity index (χ2n) is 8.29. The summed E-state index contributed by atoms with van der Waals surface area (Å²) < 4.78 is 49.2. The van der Waals surface area contributed by atoms with Gasteiger partial charge >= 0.3 is 12.1 Å². The number of aliphatic carboxylic acids is 1. The summed E-state index contributed by atoms with van der Waals surface area (Å²) in [6, 6.07) is 5.99. The Balaban J connectivity index is 0.000000360. The summed E-state index contributed by atoms with van der Waals surface area (Å²) in [6.07, 6.45) is -2.32. The van der Waals surface area contributed by atoms with Gasteiger partial charge in [-0.05, 0) is 31.9 Å². The zero-order valence-electron chi connectivity index (χ0n) is 17.8. The molecule has 11 heteroatoms. The fourth-order valence-electron chi connectivity index (χ4n) is 4.02. The van der Waals surface area contributed by atoms with Gasteiger partial charge in [-0.3, -0.25) is 9.78 Å². The van der Waals surface area contributed by atoms with Gasteiger partial charge in [0.15, 0.2) is 0 Å². The molecule has 3 saturated heterocycles. The van der Waals surface area contributed by atoms with Crippen LogP contribution < -0.4 is 0 Å². The Morgan fingerprint density at radius 2 is 2.00 bits per heavy atom. The number of nitrogens with zero attached hydrogens (tertiary/aromatic N) is 2. The average molecular weight is 460 g/mol. The molecule has 0 saturated carbocycles. The molecule has 3 aliphatic rings. The van der Waals surface area contributed by atoms with Crippen LogP contribution in [0.15, 0.2) is 18.2 Å². The van der Waals surface area contributed by atoms with Crippen LogP contribution in [0.3, 0.4) is 0 Å². The lowest BCUT2D eigenvalue weighted by Gasteiger charge is -2.53. The smallest absolute Gasteiger partial charge is 0.475 e. The van der Waals surface area contributed by atoms with E-state index in [1.807, 2.05) is 30.0 Å². The van der Waals surface area contributed by atoms with Gasteiger partial charge < -0.3 is 24.2 Å². The van der Waals surface area contributed by atoms with Gasteiger partial charge in [0.2, 0.25) is 5.91 Å². The highest BCUT2D eigenvalue weighted by Crippen LogP contribution is 2.36. The molecular weight excluding hydrogens is 433 g/mol. The molecule has 32 heavy (non-hydrogen) atoms. The number of pyridine rings is 1. The molecule has 8 nitrogen and oxygen atoms in total. The number of carbonyl (C=O) groups excluding carboxylic acids is 1. The van der Waals surface area contributed by atoms with Crippen LogP contribution in [0.2, 0.25) is 0 Å². The highest BCUT2D eigenvalue weighted by atomic mass is 19.4. The summed E-state index contributed by atoms with van der Waals surface area (Å²) in [5.41, 5.74) is 1.76. The van der Waals surface area contributed by atoms with E-state index >= 15 is 0 Å². The normalized spacial score (nSPS) is 24.4. The number of likely N-dealkylation sites (tertiary alicyclic amines) is 1. The van der Waals surface area contributed by atoms with Crippen molar-refractivity contribution in [1.29, 1.82) is 0 Å². The second-order valence-corrected chi connectivity index (χ2v) is 8.29. The molecule has 1 spiro atoms. The number of rotatable bonds is 4. The van der Waals surface area contributed by atoms with Crippen LogP contribution in [0.4, 0.5) is 13.2 Å². The van der Waals surface area contributed by atoms with E-state index in [2.05, 4.69) is 4.98 Å². The number of amides is 1. The number of halogens is 3. The van der Waals surface area contributed by atoms with Crippen molar-refractivity contribution < 1.29 is 42.1 Å². The van der Waals surface area contributed by atoms with Gasteiger partial charge in [0.25, 0.3) is 0 Å². The Morgan fingerprint density at radius 1 is 1.28 bits per heavy atom. The first-order valence-electron chi connectivity index (χ1n) is 10.4. The standard InChI is InChI=1S/C19H26N2O4.C2HF3O2/c1-14-3-2-4-16(20-14)11-24-17-6-8-25-19(9-17)12-21(13-19)18(22)15-5-7-23-10-15;3-2(4,5)1(6)7/h2-4,15,17H,5-13H2,1H3;(H,6,7). The molecule has 178 valence electrons. The number of hydrogen-bond donors (Lipinski definition) is 1. The Labute approximate surface area is 183 Å². The van der Waals surface area contributed by atoms with Crippen molar-refractivity contribution >= 4 is 11.9 Å². The van der Waals surface area contributed by atoms with Crippen molar-refractivity contribution in [2.45, 2.75) is 50.7 Å². The van der Waals surface area contributed by atoms with E-state index in [0.717, 1.165) is 30.7 Å². The first-order valence-corrected chi connectivity index (χ1v) is 10.4. The van der Waals surface area contributed by atoms with Crippen molar-refractivity contribution in [2.75, 3.05) is 32.9 Å². The van der Waals surface area contributed by atoms with Crippen LogP contribution in [0.25, 0.3) is 0 Å². The van der Waals surface area contributed by atoms with Gasteiger partial charge in [-0.1, -0.05) is 6.07 Å². The Hall–Kier alpha value is -2.24. The predicted molar refractivity (Wildman–Crippen MR) is 105 cm³/mol. The molecular formula is C21H27F3N2O6. The van der Waals surface area contributed by atoms with Gasteiger partial charge in [-0.2, -0.15) is 13.2 Å². The van der Waals surface area contributed by atoms with Gasteiger partial charge in [-0.25, -0.2) is 4.79 Å². The van der Waals surface area contributed by atoms with E-state index in [1.54, 1.807) is 0 Å². The number of carbonyl (C=O) groups is 2. The number of aromatic nitrogens is 1. The highest BCUT2D eigenvalue weighted by Gasteiger charge is 2.50. The number of ether oxygens (including phenoxy) is 3. The molecule has 0 radical (unpaired) electrons. The minimum Gasteiger partial charge on any atom is -0.475 e. The molecule has 0 bridgehead atoms. The number of alkyl halides is 3. The van der Waals surface area contributed by atoms with Crippen LogP contribution in [-0.2, 0) is 30.4 Å². The molecule has 4 heterocycles. The maximum atomic E-state index is 12.4. The van der Waals surface area contributed by atoms with E-state index < -0.39 is 12.1 Å². The van der Waals surface area contributed by atoms with Crippen LogP contribution in [0, 0.1) is 12.8 Å². The topological polar surface area (TPSA) is 98.2 Å². The van der Waals surface area contributed by atoms with E-state index in [0.29, 0.717) is 39.5 Å². The molecule has 2 atom stereocenters. The van der Waals surface area contributed by atoms with E-state index in [4.69, 9.17) is 24.1 Å². The largest absolute Gasteiger partial charge is 0.490 e. The van der Waals surface area contributed by atoms with Crippen molar-refractivity contribution in [3.63, 3.8) is 0 Å². The first-order chi connectivity index (χ1) is 15.1. The zero-order chi connectivity index (χ0) is 23.4. The fourth-order valence-corrected chi connectivity index (χ4v) is 4.02. The predicted octanol–water partition coefficient (Wildman–Crippen LogP) is 2.34. The molecule has 3 fully saturated rings. The molecule has 1 aromatic heterocycles. The summed E-state index contributed by atoms with van der Waals surface area (Å²) in [5.74, 6) is -2.49. The van der Waals surface area contributed by atoms with Gasteiger partial charge in [0, 0.05) is 25.3 Å². The second kappa shape index (κ2) is 10.1. The van der Waals surface area contributed by atoms with Gasteiger partial charge in [0.05, 0.1) is 44.0 Å². The lowest BCUT2D eigenvalue weighted by Crippen LogP contribution is -2.68. The lowest BCUT2D eigenvalue weighted by molar-refractivity contribution is -0.204. The molecule has 1 N–H and O–H groups in total. The minimum atomic E-state index is -5.08. The minimum absolute atomic E-state index is 0.0420. The summed E-state index contributed by atoms with van der Waals surface area (Å²) in [4.78, 5) is 27.7. The maximum Gasteiger partial charge on any atom is 0.490 e. The van der Waals surface area contributed by atoms with Gasteiger partial charge in [0.1, 0.15) is 5.60 Å². The number of aryl methyl sites for hydroxylation is 1. The summed E-state index contributed by atoms with van der Waals surface area (Å²) in [5, 5.41) is 7.12. The third kappa shape index (κ3) is 6.39. The highest BCUT2D eigenvalue weighted by molar-refractivity contribution is 5.80. The molecule has 0 aliphatic carbocycles. The Morgan fingerprint density at radius 3 is 2.59 bits per heavy atom. The van der Waals surface area contributed by atoms with Crippen molar-refractivity contribution in [1.82, 2.24) is 9.88 Å². The molecule has 1 amide bonds. The Kier molecular flexibility index (Phi) is 7.73. The first kappa shape index (κ1) is 24.4. The molecule has 4 rings (SSSR count). The van der Waals surface area contributed by atoms with E-state index in [-0.39, 0.29) is 23.5 Å². The van der Waals surface area contributed by atoms with E-state index in [1.165, 1.54) is 0 Å². The number of carboxylic acids is 1. The third-order valence-corrected chi connectivity index (χ3v) is 5.65. The lowest BCUT2D eigenvalue weighted by atomic mass is 9.84. The van der Waals surface area contributed by atoms with Crippen LogP contribution >= 0.6 is 0 Å². The Bertz CT molecular complexity index is 807.